The number of hydrogen-bond donors (Lipinski definition) is 0. The van der Waals surface area contributed by atoms with Crippen molar-refractivity contribution in [1.29, 1.82) is 5.26 Å². The highest BCUT2D eigenvalue weighted by atomic mass is 19.4. The van der Waals surface area contributed by atoms with Crippen molar-refractivity contribution in [1.82, 2.24) is 23.3 Å². The first-order chi connectivity index (χ1) is 34.6. The molecule has 0 saturated heterocycles. The van der Waals surface area contributed by atoms with Gasteiger partial charge in [-0.3, -0.25) is 9.13 Å². The maximum atomic E-state index is 14.6. The van der Waals surface area contributed by atoms with Gasteiger partial charge in [-0.1, -0.05) is 82.9 Å². The van der Waals surface area contributed by atoms with Gasteiger partial charge >= 0.3 is 12.4 Å². The lowest BCUT2D eigenvalue weighted by Gasteiger charge is -2.24. The number of fused-ring (bicyclic) bond motifs is 12. The predicted octanol–water partition coefficient (Wildman–Crippen LogP) is 16.6. The van der Waals surface area contributed by atoms with E-state index in [1.54, 1.807) is 57.7 Å². The first-order valence-electron chi connectivity index (χ1n) is 23.3. The highest BCUT2D eigenvalue weighted by Crippen LogP contribution is 2.47. The van der Waals surface area contributed by atoms with Crippen molar-refractivity contribution in [3.8, 4) is 29.1 Å². The molecule has 13 aromatic rings. The molecule has 0 unspecified atom stereocenters. The summed E-state index contributed by atoms with van der Waals surface area (Å²) in [4.78, 5) is 5.84. The molecule has 0 amide bonds. The van der Waals surface area contributed by atoms with E-state index in [2.05, 4.69) is 39.5 Å². The number of benzene rings is 8. The van der Waals surface area contributed by atoms with Gasteiger partial charge in [0.1, 0.15) is 23.0 Å². The zero-order chi connectivity index (χ0) is 49.7. The van der Waals surface area contributed by atoms with E-state index in [4.69, 9.17) is 4.98 Å². The van der Waals surface area contributed by atoms with E-state index in [9.17, 15) is 31.6 Å². The number of alkyl halides is 6. The van der Waals surface area contributed by atoms with Gasteiger partial charge in [-0.05, 0) is 125 Å². The van der Waals surface area contributed by atoms with Crippen molar-refractivity contribution in [3.63, 3.8) is 0 Å². The average molecular weight is 957 g/mol. The van der Waals surface area contributed by atoms with Crippen LogP contribution >= 0.6 is 0 Å². The molecule has 12 heteroatoms. The van der Waals surface area contributed by atoms with E-state index in [0.29, 0.717) is 49.7 Å². The summed E-state index contributed by atoms with van der Waals surface area (Å²) in [5.41, 5.74) is 8.00. The second-order valence-corrected chi connectivity index (χ2v) is 18.9. The highest BCUT2D eigenvalue weighted by molar-refractivity contribution is 6.15. The minimum Gasteiger partial charge on any atom is -0.305 e. The molecule has 8 aromatic carbocycles. The molecular weight excluding hydrogens is 919 g/mol. The lowest BCUT2D eigenvalue weighted by molar-refractivity contribution is -0.138. The number of aromatic nitrogens is 5. The summed E-state index contributed by atoms with van der Waals surface area (Å²) in [5, 5.41) is 17.7. The Morgan fingerprint density at radius 3 is 1.00 bits per heavy atom. The van der Waals surface area contributed by atoms with Crippen LogP contribution in [0.5, 0.6) is 0 Å². The second-order valence-electron chi connectivity index (χ2n) is 18.9. The van der Waals surface area contributed by atoms with Gasteiger partial charge in [-0.2, -0.15) is 31.6 Å². The molecule has 0 aliphatic rings. The van der Waals surface area contributed by atoms with Gasteiger partial charge in [0.25, 0.3) is 0 Å². The zero-order valence-corrected chi connectivity index (χ0v) is 39.0. The molecule has 0 fully saturated rings. The van der Waals surface area contributed by atoms with Crippen LogP contribution in [-0.4, -0.2) is 23.3 Å². The van der Waals surface area contributed by atoms with Crippen LogP contribution in [-0.2, 0) is 12.4 Å². The van der Waals surface area contributed by atoms with E-state index < -0.39 is 23.5 Å². The van der Waals surface area contributed by atoms with Gasteiger partial charge in [0.2, 0.25) is 0 Å². The van der Waals surface area contributed by atoms with Crippen LogP contribution in [0.15, 0.2) is 158 Å². The van der Waals surface area contributed by atoms with E-state index in [1.807, 2.05) is 76.2 Å². The Kier molecular flexibility index (Phi) is 9.06. The molecule has 0 N–H and O–H groups in total. The Bertz CT molecular complexity index is 4430. The summed E-state index contributed by atoms with van der Waals surface area (Å²) in [6.07, 6.45) is -9.32. The third kappa shape index (κ3) is 6.19. The third-order valence-corrected chi connectivity index (χ3v) is 14.2. The number of hydrogen-bond acceptors (Lipinski definition) is 2. The van der Waals surface area contributed by atoms with Gasteiger partial charge in [0, 0.05) is 43.1 Å². The number of halogens is 6. The van der Waals surface area contributed by atoms with Crippen LogP contribution in [0.3, 0.4) is 0 Å². The Morgan fingerprint density at radius 2 is 0.653 bits per heavy atom. The second kappa shape index (κ2) is 15.1. The standard InChI is InChI=1S/C60H38F6N6/c1-32-13-19-49-40(25-32)41-26-33(2)14-20-50(41)70(49)56-46(31-67)55(69-47-11-7-5-9-38(47)44-29-36(59(61,62)63)17-23-51(44)69)57(71-48-12-8-6-10-39(48)45-30-37(60(64,65)66)18-24-54(45)71)68-58(56)72-52-21-15-34(3)27-42(52)43-28-35(4)16-22-53(43)72/h5-30H,1-4H3. The molecule has 6 nitrogen and oxygen atoms in total. The number of pyridine rings is 1. The topological polar surface area (TPSA) is 56.4 Å². The van der Waals surface area contributed by atoms with Crippen LogP contribution in [0, 0.1) is 39.0 Å². The number of rotatable bonds is 4. The minimum absolute atomic E-state index is 0.115. The molecular formula is C60H38F6N6. The summed E-state index contributed by atoms with van der Waals surface area (Å²) < 4.78 is 95.5. The summed E-state index contributed by atoms with van der Waals surface area (Å²) in [6, 6.07) is 48.7. The lowest BCUT2D eigenvalue weighted by atomic mass is 10.1. The molecule has 5 heterocycles. The minimum atomic E-state index is -4.67. The van der Waals surface area contributed by atoms with Gasteiger partial charge in [0.15, 0.2) is 11.6 Å². The fourth-order valence-corrected chi connectivity index (χ4v) is 11.1. The summed E-state index contributed by atoms with van der Waals surface area (Å²) in [6.45, 7) is 8.11. The monoisotopic (exact) mass is 956 g/mol. The molecule has 0 radical (unpaired) electrons. The molecule has 0 aliphatic carbocycles. The van der Waals surface area contributed by atoms with Crippen molar-refractivity contribution in [3.05, 3.63) is 197 Å². The Balaban J connectivity index is 1.33. The maximum absolute atomic E-state index is 14.6. The number of nitrogens with zero attached hydrogens (tertiary/aromatic N) is 6. The zero-order valence-electron chi connectivity index (χ0n) is 39.0. The van der Waals surface area contributed by atoms with Gasteiger partial charge < -0.3 is 9.13 Å². The lowest BCUT2D eigenvalue weighted by Crippen LogP contribution is -2.16. The molecule has 0 saturated carbocycles. The smallest absolute Gasteiger partial charge is 0.305 e. The van der Waals surface area contributed by atoms with Gasteiger partial charge in [0.05, 0.1) is 55.3 Å². The molecule has 5 aromatic heterocycles. The largest absolute Gasteiger partial charge is 0.416 e. The number of para-hydroxylation sites is 2. The van der Waals surface area contributed by atoms with E-state index in [-0.39, 0.29) is 22.5 Å². The summed E-state index contributed by atoms with van der Waals surface area (Å²) >= 11 is 0. The molecule has 0 spiro atoms. The average Bonchev–Trinajstić information content (AvgIpc) is 4.06. The Hall–Kier alpha value is -8.82. The summed E-state index contributed by atoms with van der Waals surface area (Å²) in [5.74, 6) is 0.511. The van der Waals surface area contributed by atoms with E-state index in [1.165, 1.54) is 12.1 Å². The fraction of sp³-hybridized carbons (Fsp3) is 0.100. The molecule has 0 aliphatic heterocycles. The van der Waals surface area contributed by atoms with Crippen LogP contribution in [0.4, 0.5) is 26.3 Å². The van der Waals surface area contributed by atoms with Crippen LogP contribution in [0.2, 0.25) is 0 Å². The molecule has 350 valence electrons. The normalized spacial score (nSPS) is 12.6. The molecule has 72 heavy (non-hydrogen) atoms. The first kappa shape index (κ1) is 43.2. The van der Waals surface area contributed by atoms with Crippen LogP contribution in [0.25, 0.3) is 110 Å². The Morgan fingerprint density at radius 1 is 0.361 bits per heavy atom. The van der Waals surface area contributed by atoms with E-state index >= 15 is 0 Å². The molecule has 0 bridgehead atoms. The first-order valence-corrected chi connectivity index (χ1v) is 23.3. The predicted molar refractivity (Wildman–Crippen MR) is 275 cm³/mol. The van der Waals surface area contributed by atoms with Crippen molar-refractivity contribution >= 4 is 87.2 Å². The SMILES string of the molecule is Cc1ccc2c(c1)c1cc(C)ccc1n2-c1nc(-n2c3ccccc3c3cc(C(F)(F)F)ccc32)c(-n2c3ccccc3c3cc(C(F)(F)F)ccc32)c(C#N)c1-n1c2ccc(C)cc2c2cc(C)ccc21. The van der Waals surface area contributed by atoms with Gasteiger partial charge in [-0.15, -0.1) is 0 Å². The number of nitriles is 1. The van der Waals surface area contributed by atoms with E-state index in [0.717, 1.165) is 90.1 Å². The highest BCUT2D eigenvalue weighted by Gasteiger charge is 2.35. The Labute approximate surface area is 406 Å². The van der Waals surface area contributed by atoms with Crippen LogP contribution < -0.4 is 0 Å². The molecule has 13 rings (SSSR count). The van der Waals surface area contributed by atoms with Gasteiger partial charge in [-0.25, -0.2) is 4.98 Å². The third-order valence-electron chi connectivity index (χ3n) is 14.2. The van der Waals surface area contributed by atoms with Crippen LogP contribution in [0.1, 0.15) is 38.9 Å². The molecule has 0 atom stereocenters. The maximum Gasteiger partial charge on any atom is 0.416 e. The van der Waals surface area contributed by atoms with Crippen molar-refractivity contribution in [2.24, 2.45) is 0 Å². The van der Waals surface area contributed by atoms with Crippen molar-refractivity contribution in [2.45, 2.75) is 40.0 Å². The van der Waals surface area contributed by atoms with Crippen molar-refractivity contribution < 1.29 is 26.3 Å². The van der Waals surface area contributed by atoms with Crippen molar-refractivity contribution in [2.75, 3.05) is 0 Å². The quantitative estimate of drug-likeness (QED) is 0.165. The fourth-order valence-electron chi connectivity index (χ4n) is 11.1. The number of aryl methyl sites for hydroxylation is 4. The summed E-state index contributed by atoms with van der Waals surface area (Å²) in [7, 11) is 0.